The molecule has 1 saturated carbocycles. The van der Waals surface area contributed by atoms with Crippen LogP contribution in [-0.2, 0) is 15.8 Å². The first-order chi connectivity index (χ1) is 10.0. The van der Waals surface area contributed by atoms with Gasteiger partial charge in [0.1, 0.15) is 5.82 Å². The van der Waals surface area contributed by atoms with Crippen LogP contribution >= 0.6 is 0 Å². The summed E-state index contributed by atoms with van der Waals surface area (Å²) in [6.45, 7) is 0.279. The van der Waals surface area contributed by atoms with Crippen molar-refractivity contribution in [2.75, 3.05) is 6.54 Å². The summed E-state index contributed by atoms with van der Waals surface area (Å²) < 4.78 is 40.7. The van der Waals surface area contributed by atoms with E-state index in [1.54, 1.807) is 12.1 Å². The normalized spacial score (nSPS) is 18.6. The topological polar surface area (TPSA) is 72.2 Å². The molecule has 1 fully saturated rings. The summed E-state index contributed by atoms with van der Waals surface area (Å²) >= 11 is 0. The molecule has 6 heteroatoms. The first-order valence-electron chi connectivity index (χ1n) is 7.45. The van der Waals surface area contributed by atoms with Gasteiger partial charge in [-0.25, -0.2) is 17.5 Å². The predicted molar refractivity (Wildman–Crippen MR) is 81.6 cm³/mol. The summed E-state index contributed by atoms with van der Waals surface area (Å²) in [5.41, 5.74) is 5.92. The quantitative estimate of drug-likeness (QED) is 0.845. The Bertz CT molecular complexity index is 557. The lowest BCUT2D eigenvalue weighted by molar-refractivity contribution is 0.294. The zero-order valence-electron chi connectivity index (χ0n) is 12.1. The minimum Gasteiger partial charge on any atom is -0.329 e. The summed E-state index contributed by atoms with van der Waals surface area (Å²) in [6, 6.07) is 5.69. The molecule has 3 N–H and O–H groups in total. The maximum absolute atomic E-state index is 13.6. The first kappa shape index (κ1) is 16.4. The average Bonchev–Trinajstić information content (AvgIpc) is 2.48. The number of hydrogen-bond donors (Lipinski definition) is 2. The average molecular weight is 314 g/mol. The Kier molecular flexibility index (Phi) is 5.72. The zero-order chi connectivity index (χ0) is 15.3. The maximum Gasteiger partial charge on any atom is 0.216 e. The third-order valence-corrected chi connectivity index (χ3v) is 5.46. The molecule has 0 radical (unpaired) electrons. The SMILES string of the molecule is NCC(NS(=O)(=O)Cc1ccccc1F)C1CCCCC1. The molecule has 0 aromatic heterocycles. The summed E-state index contributed by atoms with van der Waals surface area (Å²) in [4.78, 5) is 0. The summed E-state index contributed by atoms with van der Waals surface area (Å²) in [7, 11) is -3.59. The molecule has 0 saturated heterocycles. The lowest BCUT2D eigenvalue weighted by Gasteiger charge is -2.29. The maximum atomic E-state index is 13.6. The number of nitrogens with two attached hydrogens (primary N) is 1. The largest absolute Gasteiger partial charge is 0.329 e. The molecule has 4 nitrogen and oxygen atoms in total. The van der Waals surface area contributed by atoms with Gasteiger partial charge in [0.2, 0.25) is 10.0 Å². The van der Waals surface area contributed by atoms with Gasteiger partial charge in [-0.05, 0) is 24.8 Å². The minimum absolute atomic E-state index is 0.185. The van der Waals surface area contributed by atoms with E-state index < -0.39 is 15.8 Å². The van der Waals surface area contributed by atoms with Gasteiger partial charge >= 0.3 is 0 Å². The number of rotatable bonds is 6. The van der Waals surface area contributed by atoms with Crippen LogP contribution in [0.4, 0.5) is 4.39 Å². The third-order valence-electron chi connectivity index (χ3n) is 4.11. The van der Waals surface area contributed by atoms with Gasteiger partial charge in [0.15, 0.2) is 0 Å². The second kappa shape index (κ2) is 7.33. The van der Waals surface area contributed by atoms with Crippen molar-refractivity contribution in [3.8, 4) is 0 Å². The van der Waals surface area contributed by atoms with Crippen molar-refractivity contribution in [2.45, 2.75) is 43.9 Å². The Morgan fingerprint density at radius 1 is 1.24 bits per heavy atom. The standard InChI is InChI=1S/C15H23FN2O2S/c16-14-9-5-4-8-13(14)11-21(19,20)18-15(10-17)12-6-2-1-3-7-12/h4-5,8-9,12,15,18H,1-3,6-7,10-11,17H2. The van der Waals surface area contributed by atoms with E-state index in [1.807, 2.05) is 0 Å². The second-order valence-corrected chi connectivity index (χ2v) is 7.46. The molecule has 1 aromatic carbocycles. The molecule has 2 rings (SSSR count). The summed E-state index contributed by atoms with van der Waals surface area (Å²) in [5.74, 6) is -0.549. The van der Waals surface area contributed by atoms with Crippen molar-refractivity contribution in [1.29, 1.82) is 0 Å². The minimum atomic E-state index is -3.59. The van der Waals surface area contributed by atoms with Gasteiger partial charge in [0.25, 0.3) is 0 Å². The van der Waals surface area contributed by atoms with E-state index in [2.05, 4.69) is 4.72 Å². The van der Waals surface area contributed by atoms with Gasteiger partial charge in [0, 0.05) is 18.2 Å². The van der Waals surface area contributed by atoms with Gasteiger partial charge in [-0.2, -0.15) is 0 Å². The molecule has 0 bridgehead atoms. The lowest BCUT2D eigenvalue weighted by atomic mass is 9.84. The Morgan fingerprint density at radius 3 is 2.52 bits per heavy atom. The number of benzene rings is 1. The fourth-order valence-corrected chi connectivity index (χ4v) is 4.44. The molecule has 1 unspecified atom stereocenters. The Morgan fingerprint density at radius 2 is 1.90 bits per heavy atom. The van der Waals surface area contributed by atoms with Crippen LogP contribution in [0.3, 0.4) is 0 Å². The second-order valence-electron chi connectivity index (χ2n) is 5.71. The third kappa shape index (κ3) is 4.76. The van der Waals surface area contributed by atoms with Crippen molar-refractivity contribution in [3.63, 3.8) is 0 Å². The van der Waals surface area contributed by atoms with Gasteiger partial charge in [-0.15, -0.1) is 0 Å². The van der Waals surface area contributed by atoms with Crippen molar-refractivity contribution in [3.05, 3.63) is 35.6 Å². The van der Waals surface area contributed by atoms with E-state index in [9.17, 15) is 12.8 Å². The molecule has 1 atom stereocenters. The van der Waals surface area contributed by atoms with Gasteiger partial charge in [-0.3, -0.25) is 0 Å². The van der Waals surface area contributed by atoms with E-state index in [-0.39, 0.29) is 23.9 Å². The van der Waals surface area contributed by atoms with Crippen LogP contribution in [-0.4, -0.2) is 21.0 Å². The van der Waals surface area contributed by atoms with E-state index in [4.69, 9.17) is 5.73 Å². The molecule has 1 aliphatic carbocycles. The highest BCUT2D eigenvalue weighted by molar-refractivity contribution is 7.88. The van der Waals surface area contributed by atoms with Crippen molar-refractivity contribution in [2.24, 2.45) is 11.7 Å². The molecular formula is C15H23FN2O2S. The van der Waals surface area contributed by atoms with Gasteiger partial charge in [0.05, 0.1) is 5.75 Å². The summed E-state index contributed by atoms with van der Waals surface area (Å²) in [6.07, 6.45) is 5.45. The fourth-order valence-electron chi connectivity index (χ4n) is 2.97. The molecule has 118 valence electrons. The van der Waals surface area contributed by atoms with Crippen molar-refractivity contribution < 1.29 is 12.8 Å². The zero-order valence-corrected chi connectivity index (χ0v) is 12.9. The Balaban J connectivity index is 2.03. The van der Waals surface area contributed by atoms with Crippen LogP contribution in [0.15, 0.2) is 24.3 Å². The van der Waals surface area contributed by atoms with E-state index >= 15 is 0 Å². The first-order valence-corrected chi connectivity index (χ1v) is 9.10. The predicted octanol–water partition coefficient (Wildman–Crippen LogP) is 2.15. The molecule has 0 aliphatic heterocycles. The van der Waals surface area contributed by atoms with E-state index in [1.165, 1.54) is 18.6 Å². The Hall–Kier alpha value is -0.980. The van der Waals surface area contributed by atoms with Crippen LogP contribution in [0.5, 0.6) is 0 Å². The van der Waals surface area contributed by atoms with Crippen LogP contribution < -0.4 is 10.5 Å². The molecule has 1 aliphatic rings. The van der Waals surface area contributed by atoms with Crippen LogP contribution in [0.2, 0.25) is 0 Å². The molecule has 0 spiro atoms. The number of nitrogens with one attached hydrogen (secondary N) is 1. The number of hydrogen-bond acceptors (Lipinski definition) is 3. The molecule has 1 aromatic rings. The van der Waals surface area contributed by atoms with Crippen LogP contribution in [0.25, 0.3) is 0 Å². The molecule has 0 amide bonds. The molecular weight excluding hydrogens is 291 g/mol. The van der Waals surface area contributed by atoms with E-state index in [0.29, 0.717) is 5.92 Å². The van der Waals surface area contributed by atoms with Gasteiger partial charge < -0.3 is 5.73 Å². The monoisotopic (exact) mass is 314 g/mol. The van der Waals surface area contributed by atoms with E-state index in [0.717, 1.165) is 25.7 Å². The van der Waals surface area contributed by atoms with Crippen molar-refractivity contribution in [1.82, 2.24) is 4.72 Å². The lowest BCUT2D eigenvalue weighted by Crippen LogP contribution is -2.46. The smallest absolute Gasteiger partial charge is 0.216 e. The number of halogens is 1. The van der Waals surface area contributed by atoms with Crippen LogP contribution in [0.1, 0.15) is 37.7 Å². The van der Waals surface area contributed by atoms with Crippen LogP contribution in [0, 0.1) is 11.7 Å². The summed E-state index contributed by atoms with van der Waals surface area (Å²) in [5, 5.41) is 0. The highest BCUT2D eigenvalue weighted by Crippen LogP contribution is 2.26. The highest BCUT2D eigenvalue weighted by Gasteiger charge is 2.27. The number of sulfonamides is 1. The fraction of sp³-hybridized carbons (Fsp3) is 0.600. The molecule has 0 heterocycles. The Labute approximate surface area is 126 Å². The molecule has 21 heavy (non-hydrogen) atoms. The van der Waals surface area contributed by atoms with Crippen molar-refractivity contribution >= 4 is 10.0 Å². The van der Waals surface area contributed by atoms with Gasteiger partial charge in [-0.1, -0.05) is 37.5 Å². The highest BCUT2D eigenvalue weighted by atomic mass is 32.2.